The molecular formula is C15H17N5O3. The van der Waals surface area contributed by atoms with E-state index in [1.54, 1.807) is 16.9 Å². The highest BCUT2D eigenvalue weighted by Crippen LogP contribution is 2.06. The Balaban J connectivity index is 1.72. The van der Waals surface area contributed by atoms with Crippen LogP contribution in [-0.4, -0.2) is 28.1 Å². The summed E-state index contributed by atoms with van der Waals surface area (Å²) in [5.41, 5.74) is 0.558. The van der Waals surface area contributed by atoms with E-state index in [0.29, 0.717) is 18.7 Å². The quantitative estimate of drug-likeness (QED) is 0.717. The Morgan fingerprint density at radius 1 is 1.39 bits per heavy atom. The smallest absolute Gasteiger partial charge is 0.287 e. The van der Waals surface area contributed by atoms with Crippen molar-refractivity contribution in [1.29, 1.82) is 5.26 Å². The standard InChI is InChI=1S/C15H17N5O3/c16-6-2-1-3-7-20-11-12(9-18-20)19-14(21)10-17-15(22)13-5-4-8-23-13/h4-5,8-9,11H,1-3,7,10H2,(H,17,22)(H,19,21). The van der Waals surface area contributed by atoms with Crippen LogP contribution in [0, 0.1) is 11.3 Å². The Labute approximate surface area is 133 Å². The SMILES string of the molecule is N#CCCCCn1cc(NC(=O)CNC(=O)c2ccco2)cn1. The maximum absolute atomic E-state index is 11.8. The summed E-state index contributed by atoms with van der Waals surface area (Å²) < 4.78 is 6.63. The molecule has 23 heavy (non-hydrogen) atoms. The molecule has 0 aromatic carbocycles. The first kappa shape index (κ1) is 16.3. The number of nitriles is 1. The Morgan fingerprint density at radius 2 is 2.26 bits per heavy atom. The Bertz CT molecular complexity index is 684. The highest BCUT2D eigenvalue weighted by molar-refractivity contribution is 5.97. The molecule has 120 valence electrons. The summed E-state index contributed by atoms with van der Waals surface area (Å²) in [6.07, 6.45) is 6.83. The number of aromatic nitrogens is 2. The van der Waals surface area contributed by atoms with E-state index in [2.05, 4.69) is 21.8 Å². The molecule has 2 heterocycles. The fourth-order valence-corrected chi connectivity index (χ4v) is 1.89. The number of carbonyl (C=O) groups is 2. The molecule has 2 amide bonds. The Hall–Kier alpha value is -3.08. The minimum absolute atomic E-state index is 0.156. The zero-order chi connectivity index (χ0) is 16.5. The van der Waals surface area contributed by atoms with E-state index in [-0.39, 0.29) is 18.2 Å². The van der Waals surface area contributed by atoms with Crippen LogP contribution in [0.2, 0.25) is 0 Å². The van der Waals surface area contributed by atoms with Crippen molar-refractivity contribution in [2.24, 2.45) is 0 Å². The third-order valence-electron chi connectivity index (χ3n) is 3.00. The van der Waals surface area contributed by atoms with Crippen LogP contribution >= 0.6 is 0 Å². The summed E-state index contributed by atoms with van der Waals surface area (Å²) in [5.74, 6) is -0.643. The normalized spacial score (nSPS) is 10.0. The van der Waals surface area contributed by atoms with E-state index in [4.69, 9.17) is 9.68 Å². The molecule has 8 nitrogen and oxygen atoms in total. The zero-order valence-corrected chi connectivity index (χ0v) is 12.5. The minimum Gasteiger partial charge on any atom is -0.459 e. The summed E-state index contributed by atoms with van der Waals surface area (Å²) >= 11 is 0. The van der Waals surface area contributed by atoms with Crippen LogP contribution in [0.15, 0.2) is 35.2 Å². The highest BCUT2D eigenvalue weighted by Gasteiger charge is 2.10. The average Bonchev–Trinajstić information content (AvgIpc) is 3.21. The van der Waals surface area contributed by atoms with E-state index in [0.717, 1.165) is 12.8 Å². The van der Waals surface area contributed by atoms with Crippen molar-refractivity contribution in [2.45, 2.75) is 25.8 Å². The number of furan rings is 1. The number of rotatable bonds is 8. The van der Waals surface area contributed by atoms with Gasteiger partial charge in [0.25, 0.3) is 5.91 Å². The molecule has 0 aliphatic heterocycles. The third kappa shape index (κ3) is 5.32. The van der Waals surface area contributed by atoms with Gasteiger partial charge >= 0.3 is 0 Å². The van der Waals surface area contributed by atoms with Gasteiger partial charge in [0.1, 0.15) is 0 Å². The summed E-state index contributed by atoms with van der Waals surface area (Å²) in [5, 5.41) is 17.7. The molecule has 2 aromatic rings. The summed E-state index contributed by atoms with van der Waals surface area (Å²) in [7, 11) is 0. The molecule has 2 N–H and O–H groups in total. The number of anilines is 1. The van der Waals surface area contributed by atoms with Crippen molar-refractivity contribution in [2.75, 3.05) is 11.9 Å². The first-order valence-electron chi connectivity index (χ1n) is 7.20. The number of hydrogen-bond acceptors (Lipinski definition) is 5. The van der Waals surface area contributed by atoms with Gasteiger partial charge in [0, 0.05) is 19.2 Å². The molecule has 0 unspecified atom stereocenters. The van der Waals surface area contributed by atoms with Crippen molar-refractivity contribution in [1.82, 2.24) is 15.1 Å². The molecule has 0 spiro atoms. The van der Waals surface area contributed by atoms with Crippen LogP contribution in [0.1, 0.15) is 29.8 Å². The van der Waals surface area contributed by atoms with Crippen LogP contribution in [0.25, 0.3) is 0 Å². The van der Waals surface area contributed by atoms with Gasteiger partial charge in [-0.25, -0.2) is 0 Å². The van der Waals surface area contributed by atoms with Crippen LogP contribution in [-0.2, 0) is 11.3 Å². The molecule has 2 rings (SSSR count). The first-order valence-corrected chi connectivity index (χ1v) is 7.20. The molecule has 0 atom stereocenters. The predicted molar refractivity (Wildman–Crippen MR) is 81.4 cm³/mol. The number of nitrogens with one attached hydrogen (secondary N) is 2. The maximum Gasteiger partial charge on any atom is 0.287 e. The van der Waals surface area contributed by atoms with Gasteiger partial charge in [0.15, 0.2) is 5.76 Å². The second-order valence-electron chi connectivity index (χ2n) is 4.82. The van der Waals surface area contributed by atoms with Gasteiger partial charge in [0.05, 0.1) is 30.8 Å². The lowest BCUT2D eigenvalue weighted by atomic mass is 10.2. The van der Waals surface area contributed by atoms with Gasteiger partial charge in [-0.15, -0.1) is 0 Å². The van der Waals surface area contributed by atoms with Gasteiger partial charge in [-0.2, -0.15) is 10.4 Å². The van der Waals surface area contributed by atoms with Crippen molar-refractivity contribution in [3.63, 3.8) is 0 Å². The fourth-order valence-electron chi connectivity index (χ4n) is 1.89. The van der Waals surface area contributed by atoms with Crippen molar-refractivity contribution >= 4 is 17.5 Å². The predicted octanol–water partition coefficient (Wildman–Crippen LogP) is 1.54. The van der Waals surface area contributed by atoms with Gasteiger partial charge in [-0.1, -0.05) is 0 Å². The number of carbonyl (C=O) groups excluding carboxylic acids is 2. The zero-order valence-electron chi connectivity index (χ0n) is 12.5. The molecular weight excluding hydrogens is 298 g/mol. The highest BCUT2D eigenvalue weighted by atomic mass is 16.3. The Morgan fingerprint density at radius 3 is 3.00 bits per heavy atom. The average molecular weight is 315 g/mol. The molecule has 2 aromatic heterocycles. The molecule has 0 radical (unpaired) electrons. The molecule has 0 bridgehead atoms. The number of unbranched alkanes of at least 4 members (excludes halogenated alkanes) is 2. The maximum atomic E-state index is 11.8. The van der Waals surface area contributed by atoms with E-state index >= 15 is 0 Å². The number of aryl methyl sites for hydroxylation is 1. The molecule has 0 aliphatic rings. The van der Waals surface area contributed by atoms with E-state index in [1.165, 1.54) is 18.5 Å². The lowest BCUT2D eigenvalue weighted by molar-refractivity contribution is -0.115. The number of nitrogens with zero attached hydrogens (tertiary/aromatic N) is 3. The van der Waals surface area contributed by atoms with Gasteiger partial charge in [0.2, 0.25) is 5.91 Å². The third-order valence-corrected chi connectivity index (χ3v) is 3.00. The lowest BCUT2D eigenvalue weighted by Crippen LogP contribution is -2.32. The van der Waals surface area contributed by atoms with E-state index in [9.17, 15) is 9.59 Å². The molecule has 0 aliphatic carbocycles. The van der Waals surface area contributed by atoms with Crippen LogP contribution in [0.4, 0.5) is 5.69 Å². The van der Waals surface area contributed by atoms with E-state index in [1.807, 2.05) is 0 Å². The molecule has 0 fully saturated rings. The number of amides is 2. The summed E-state index contributed by atoms with van der Waals surface area (Å²) in [6.45, 7) is 0.527. The molecule has 0 saturated heterocycles. The molecule has 0 saturated carbocycles. The number of hydrogen-bond donors (Lipinski definition) is 2. The first-order chi connectivity index (χ1) is 11.2. The monoisotopic (exact) mass is 315 g/mol. The van der Waals surface area contributed by atoms with Crippen LogP contribution in [0.5, 0.6) is 0 Å². The fraction of sp³-hybridized carbons (Fsp3) is 0.333. The van der Waals surface area contributed by atoms with Gasteiger partial charge in [-0.3, -0.25) is 14.3 Å². The van der Waals surface area contributed by atoms with E-state index < -0.39 is 5.91 Å². The van der Waals surface area contributed by atoms with Crippen molar-refractivity contribution < 1.29 is 14.0 Å². The lowest BCUT2D eigenvalue weighted by Gasteiger charge is -2.03. The Kier molecular flexibility index (Phi) is 5.94. The van der Waals surface area contributed by atoms with Crippen LogP contribution < -0.4 is 10.6 Å². The van der Waals surface area contributed by atoms with Crippen molar-refractivity contribution in [3.8, 4) is 6.07 Å². The van der Waals surface area contributed by atoms with Gasteiger partial charge in [-0.05, 0) is 25.0 Å². The van der Waals surface area contributed by atoms with Crippen LogP contribution in [0.3, 0.4) is 0 Å². The second-order valence-corrected chi connectivity index (χ2v) is 4.82. The summed E-state index contributed by atoms with van der Waals surface area (Å²) in [4.78, 5) is 23.4. The topological polar surface area (TPSA) is 113 Å². The largest absolute Gasteiger partial charge is 0.459 e. The van der Waals surface area contributed by atoms with Gasteiger partial charge < -0.3 is 15.1 Å². The molecule has 8 heteroatoms. The minimum atomic E-state index is -0.446. The second kappa shape index (κ2) is 8.38. The summed E-state index contributed by atoms with van der Waals surface area (Å²) in [6, 6.07) is 5.21. The van der Waals surface area contributed by atoms with Crippen molar-refractivity contribution in [3.05, 3.63) is 36.5 Å².